The summed E-state index contributed by atoms with van der Waals surface area (Å²) in [6, 6.07) is 3.71. The van der Waals surface area contributed by atoms with Gasteiger partial charge in [0.05, 0.1) is 17.0 Å². The lowest BCUT2D eigenvalue weighted by Crippen LogP contribution is -2.19. The van der Waals surface area contributed by atoms with Gasteiger partial charge in [-0.05, 0) is 18.6 Å². The molecular weight excluding hydrogens is 307 g/mol. The molecule has 0 saturated heterocycles. The van der Waals surface area contributed by atoms with E-state index < -0.39 is 0 Å². The topological polar surface area (TPSA) is 44.1 Å². The van der Waals surface area contributed by atoms with Gasteiger partial charge in [0.25, 0.3) is 5.56 Å². The van der Waals surface area contributed by atoms with Crippen molar-refractivity contribution in [3.63, 3.8) is 0 Å². The highest BCUT2D eigenvalue weighted by Gasteiger charge is 2.09. The molecule has 0 radical (unpaired) electrons. The predicted molar refractivity (Wildman–Crippen MR) is 66.4 cm³/mol. The molecule has 5 heteroatoms. The van der Waals surface area contributed by atoms with Crippen LogP contribution < -0.4 is 8.63 Å². The molecule has 0 bridgehead atoms. The Morgan fingerprint density at radius 1 is 1.47 bits per heavy atom. The first kappa shape index (κ1) is 10.4. The normalized spacial score (nSPS) is 10.6. The average Bonchev–Trinajstić information content (AvgIpc) is 2.24. The predicted octanol–water partition coefficient (Wildman–Crippen LogP) is 1.97. The van der Waals surface area contributed by atoms with Crippen LogP contribution in [0.4, 0.5) is 0 Å². The van der Waals surface area contributed by atoms with Crippen LogP contribution >= 0.6 is 23.0 Å². The van der Waals surface area contributed by atoms with Crippen LogP contribution in [0.5, 0.6) is 5.75 Å². The van der Waals surface area contributed by atoms with Gasteiger partial charge in [-0.1, -0.05) is 6.07 Å². The molecule has 1 aromatic carbocycles. The molecule has 15 heavy (non-hydrogen) atoms. The number of hydrogen-bond acceptors (Lipinski definition) is 3. The van der Waals surface area contributed by atoms with E-state index in [0.717, 1.165) is 10.9 Å². The zero-order valence-corrected chi connectivity index (χ0v) is 10.5. The molecule has 0 saturated carbocycles. The standard InChI is InChI=1S/C10H9IN2O2/c1-6-3-4-8(15-11)7-5-12-13(2)10(14)9(6)7/h3-5H,1-2H3. The lowest BCUT2D eigenvalue weighted by Gasteiger charge is -2.06. The van der Waals surface area contributed by atoms with Crippen molar-refractivity contribution >= 4 is 33.8 Å². The second-order valence-corrected chi connectivity index (χ2v) is 3.76. The number of nitrogens with zero attached hydrogens (tertiary/aromatic N) is 2. The van der Waals surface area contributed by atoms with Gasteiger partial charge in [-0.3, -0.25) is 4.79 Å². The Morgan fingerprint density at radius 2 is 2.20 bits per heavy atom. The molecule has 1 heterocycles. The Hall–Kier alpha value is -1.11. The first-order valence-electron chi connectivity index (χ1n) is 4.39. The molecule has 0 atom stereocenters. The highest BCUT2D eigenvalue weighted by Crippen LogP contribution is 2.26. The van der Waals surface area contributed by atoms with E-state index in [9.17, 15) is 4.79 Å². The molecule has 2 aromatic rings. The van der Waals surface area contributed by atoms with Gasteiger partial charge in [-0.25, -0.2) is 4.68 Å². The lowest BCUT2D eigenvalue weighted by atomic mass is 10.1. The second kappa shape index (κ2) is 3.80. The molecule has 78 valence electrons. The fourth-order valence-corrected chi connectivity index (χ4v) is 1.93. The van der Waals surface area contributed by atoms with Crippen LogP contribution in [0.3, 0.4) is 0 Å². The van der Waals surface area contributed by atoms with Crippen molar-refractivity contribution in [2.45, 2.75) is 6.92 Å². The van der Waals surface area contributed by atoms with Crippen molar-refractivity contribution in [1.82, 2.24) is 9.78 Å². The van der Waals surface area contributed by atoms with E-state index in [4.69, 9.17) is 3.07 Å². The number of aryl methyl sites for hydroxylation is 2. The number of benzene rings is 1. The van der Waals surface area contributed by atoms with Crippen molar-refractivity contribution in [3.8, 4) is 5.75 Å². The van der Waals surface area contributed by atoms with E-state index in [1.807, 2.05) is 19.1 Å². The van der Waals surface area contributed by atoms with Crippen LogP contribution in [-0.4, -0.2) is 9.78 Å². The molecule has 0 spiro atoms. The van der Waals surface area contributed by atoms with Gasteiger partial charge in [-0.2, -0.15) is 5.10 Å². The van der Waals surface area contributed by atoms with Crippen LogP contribution in [0.2, 0.25) is 0 Å². The maximum atomic E-state index is 11.9. The zero-order valence-electron chi connectivity index (χ0n) is 8.32. The summed E-state index contributed by atoms with van der Waals surface area (Å²) in [6.45, 7) is 1.90. The minimum atomic E-state index is -0.0969. The number of fused-ring (bicyclic) bond motifs is 1. The van der Waals surface area contributed by atoms with Gasteiger partial charge in [0.2, 0.25) is 0 Å². The summed E-state index contributed by atoms with van der Waals surface area (Å²) in [5.41, 5.74) is 0.838. The fourth-order valence-electron chi connectivity index (χ4n) is 1.55. The van der Waals surface area contributed by atoms with E-state index in [1.165, 1.54) is 4.68 Å². The van der Waals surface area contributed by atoms with Crippen molar-refractivity contribution in [2.24, 2.45) is 7.05 Å². The molecule has 0 amide bonds. The molecule has 2 rings (SSSR count). The number of rotatable bonds is 1. The fraction of sp³-hybridized carbons (Fsp3) is 0.200. The summed E-state index contributed by atoms with van der Waals surface area (Å²) >= 11 is 1.80. The molecule has 0 N–H and O–H groups in total. The summed E-state index contributed by atoms with van der Waals surface area (Å²) < 4.78 is 6.48. The van der Waals surface area contributed by atoms with E-state index in [0.29, 0.717) is 11.1 Å². The van der Waals surface area contributed by atoms with Gasteiger partial charge < -0.3 is 3.07 Å². The highest BCUT2D eigenvalue weighted by molar-refractivity contribution is 14.1. The smallest absolute Gasteiger partial charge is 0.274 e. The Kier molecular flexibility index (Phi) is 2.64. The Balaban J connectivity index is 3.00. The third-order valence-corrected chi connectivity index (χ3v) is 2.84. The van der Waals surface area contributed by atoms with E-state index in [-0.39, 0.29) is 5.56 Å². The number of aromatic nitrogens is 2. The van der Waals surface area contributed by atoms with Gasteiger partial charge >= 0.3 is 0 Å². The maximum absolute atomic E-state index is 11.9. The Labute approximate surface area is 101 Å². The molecule has 0 fully saturated rings. The maximum Gasteiger partial charge on any atom is 0.274 e. The minimum absolute atomic E-state index is 0.0969. The Bertz CT molecular complexity index is 577. The van der Waals surface area contributed by atoms with Gasteiger partial charge in [0, 0.05) is 7.05 Å². The molecular formula is C10H9IN2O2. The summed E-state index contributed by atoms with van der Waals surface area (Å²) in [6.07, 6.45) is 1.65. The molecule has 0 aliphatic carbocycles. The largest absolute Gasteiger partial charge is 0.427 e. The van der Waals surface area contributed by atoms with E-state index >= 15 is 0 Å². The van der Waals surface area contributed by atoms with Crippen molar-refractivity contribution in [3.05, 3.63) is 34.2 Å². The second-order valence-electron chi connectivity index (χ2n) is 3.32. The SMILES string of the molecule is Cc1ccc(OI)c2cnn(C)c(=O)c12. The summed E-state index contributed by atoms with van der Waals surface area (Å²) in [5, 5.41) is 5.40. The average molecular weight is 316 g/mol. The van der Waals surface area contributed by atoms with Gasteiger partial charge in [0.15, 0.2) is 23.0 Å². The molecule has 0 aliphatic heterocycles. The van der Waals surface area contributed by atoms with Crippen molar-refractivity contribution in [1.29, 1.82) is 0 Å². The lowest BCUT2D eigenvalue weighted by molar-refractivity contribution is 0.705. The summed E-state index contributed by atoms with van der Waals surface area (Å²) in [5.74, 6) is 0.668. The van der Waals surface area contributed by atoms with E-state index in [1.54, 1.807) is 36.3 Å². The monoisotopic (exact) mass is 316 g/mol. The molecule has 1 aromatic heterocycles. The third kappa shape index (κ3) is 1.60. The summed E-state index contributed by atoms with van der Waals surface area (Å²) in [7, 11) is 1.64. The highest BCUT2D eigenvalue weighted by atomic mass is 127. The third-order valence-electron chi connectivity index (χ3n) is 2.36. The number of hydrogen-bond donors (Lipinski definition) is 0. The Morgan fingerprint density at radius 3 is 2.87 bits per heavy atom. The molecule has 4 nitrogen and oxygen atoms in total. The van der Waals surface area contributed by atoms with E-state index in [2.05, 4.69) is 5.10 Å². The van der Waals surface area contributed by atoms with Crippen LogP contribution in [0.15, 0.2) is 23.1 Å². The first-order valence-corrected chi connectivity index (χ1v) is 5.27. The van der Waals surface area contributed by atoms with Crippen LogP contribution in [0.1, 0.15) is 5.56 Å². The quantitative estimate of drug-likeness (QED) is 0.756. The van der Waals surface area contributed by atoms with Crippen LogP contribution in [-0.2, 0) is 7.05 Å². The van der Waals surface area contributed by atoms with Crippen molar-refractivity contribution in [2.75, 3.05) is 0 Å². The summed E-state index contributed by atoms with van der Waals surface area (Å²) in [4.78, 5) is 11.9. The van der Waals surface area contributed by atoms with Gasteiger partial charge in [0.1, 0.15) is 5.75 Å². The zero-order chi connectivity index (χ0) is 11.0. The minimum Gasteiger partial charge on any atom is -0.427 e. The molecule has 0 unspecified atom stereocenters. The van der Waals surface area contributed by atoms with Crippen LogP contribution in [0, 0.1) is 6.92 Å². The van der Waals surface area contributed by atoms with Gasteiger partial charge in [-0.15, -0.1) is 0 Å². The van der Waals surface area contributed by atoms with Crippen molar-refractivity contribution < 1.29 is 3.07 Å². The number of halogens is 1. The van der Waals surface area contributed by atoms with Crippen LogP contribution in [0.25, 0.3) is 10.8 Å². The first-order chi connectivity index (χ1) is 7.15. The molecule has 0 aliphatic rings.